The fourth-order valence-corrected chi connectivity index (χ4v) is 4.57. The normalized spacial score (nSPS) is 25.2. The first kappa shape index (κ1) is 12.9. The maximum atomic E-state index is 3.68. The van der Waals surface area contributed by atoms with Crippen LogP contribution in [-0.2, 0) is 6.54 Å². The minimum Gasteiger partial charge on any atom is -0.309 e. The van der Waals surface area contributed by atoms with Crippen LogP contribution in [0.25, 0.3) is 0 Å². The third-order valence-electron chi connectivity index (χ3n) is 3.19. The third-order valence-corrected chi connectivity index (χ3v) is 6.42. The quantitative estimate of drug-likeness (QED) is 0.893. The second-order valence-corrected chi connectivity index (χ2v) is 8.01. The predicted octanol–water partition coefficient (Wildman–Crippen LogP) is 4.19. The van der Waals surface area contributed by atoms with Gasteiger partial charge >= 0.3 is 0 Å². The summed E-state index contributed by atoms with van der Waals surface area (Å²) < 4.78 is 1.28. The van der Waals surface area contributed by atoms with E-state index in [0.717, 1.165) is 17.8 Å². The maximum Gasteiger partial charge on any atom is 0.0730 e. The average Bonchev–Trinajstić information content (AvgIpc) is 2.84. The predicted molar refractivity (Wildman–Crippen MR) is 78.5 cm³/mol. The van der Waals surface area contributed by atoms with Crippen LogP contribution >= 0.6 is 39.0 Å². The zero-order chi connectivity index (χ0) is 11.5. The lowest BCUT2D eigenvalue weighted by atomic mass is 10.2. The van der Waals surface area contributed by atoms with Crippen LogP contribution in [0.1, 0.15) is 29.7 Å². The number of halogens is 1. The molecular formula is C12H18BrNS2. The Morgan fingerprint density at radius 3 is 2.94 bits per heavy atom. The number of rotatable bonds is 4. The number of thiophene rings is 1. The van der Waals surface area contributed by atoms with Gasteiger partial charge in [-0.2, -0.15) is 11.8 Å². The van der Waals surface area contributed by atoms with Crippen molar-refractivity contribution < 1.29 is 0 Å². The van der Waals surface area contributed by atoms with Crippen LogP contribution < -0.4 is 5.32 Å². The highest BCUT2D eigenvalue weighted by Crippen LogP contribution is 2.30. The van der Waals surface area contributed by atoms with E-state index in [9.17, 15) is 0 Å². The number of nitrogens with one attached hydrogen (secondary N) is 1. The lowest BCUT2D eigenvalue weighted by molar-refractivity contribution is 0.528. The number of hydrogen-bond acceptors (Lipinski definition) is 3. The van der Waals surface area contributed by atoms with Crippen LogP contribution in [-0.4, -0.2) is 17.5 Å². The fourth-order valence-electron chi connectivity index (χ4n) is 2.19. The summed E-state index contributed by atoms with van der Waals surface area (Å²) in [6.45, 7) is 3.19. The Bertz CT molecular complexity index is 331. The van der Waals surface area contributed by atoms with E-state index in [1.807, 2.05) is 23.1 Å². The van der Waals surface area contributed by atoms with E-state index >= 15 is 0 Å². The summed E-state index contributed by atoms with van der Waals surface area (Å²) in [6, 6.07) is 3.02. The van der Waals surface area contributed by atoms with Gasteiger partial charge in [0.05, 0.1) is 3.79 Å². The van der Waals surface area contributed by atoms with Gasteiger partial charge in [-0.25, -0.2) is 0 Å². The molecule has 2 rings (SSSR count). The molecule has 0 radical (unpaired) electrons. The molecule has 1 fully saturated rings. The van der Waals surface area contributed by atoms with Crippen molar-refractivity contribution in [2.75, 3.05) is 6.26 Å². The summed E-state index contributed by atoms with van der Waals surface area (Å²) in [4.78, 5) is 1.44. The van der Waals surface area contributed by atoms with E-state index < -0.39 is 0 Å². The van der Waals surface area contributed by atoms with Gasteiger partial charge in [0.25, 0.3) is 0 Å². The molecule has 4 heteroatoms. The van der Waals surface area contributed by atoms with Crippen LogP contribution in [0.4, 0.5) is 0 Å². The lowest BCUT2D eigenvalue weighted by Gasteiger charge is -2.11. The first-order chi connectivity index (χ1) is 7.69. The largest absolute Gasteiger partial charge is 0.309 e. The van der Waals surface area contributed by atoms with Crippen molar-refractivity contribution in [1.29, 1.82) is 0 Å². The van der Waals surface area contributed by atoms with Gasteiger partial charge in [0.15, 0.2) is 0 Å². The summed E-state index contributed by atoms with van der Waals surface area (Å²) in [6.07, 6.45) is 6.29. The number of thioether (sulfide) groups is 1. The van der Waals surface area contributed by atoms with E-state index in [1.54, 1.807) is 0 Å². The molecule has 90 valence electrons. The smallest absolute Gasteiger partial charge is 0.0730 e. The van der Waals surface area contributed by atoms with Crippen molar-refractivity contribution in [3.63, 3.8) is 0 Å². The Kier molecular flexibility index (Phi) is 4.76. The van der Waals surface area contributed by atoms with Gasteiger partial charge in [-0.05, 0) is 60.0 Å². The van der Waals surface area contributed by atoms with Gasteiger partial charge in [-0.15, -0.1) is 11.3 Å². The summed E-state index contributed by atoms with van der Waals surface area (Å²) in [7, 11) is 0. The van der Waals surface area contributed by atoms with Crippen molar-refractivity contribution in [2.45, 2.75) is 44.0 Å². The van der Waals surface area contributed by atoms with Crippen LogP contribution in [0.15, 0.2) is 9.85 Å². The number of aryl methyl sites for hydroxylation is 1. The van der Waals surface area contributed by atoms with Crippen molar-refractivity contribution in [1.82, 2.24) is 5.32 Å². The Balaban J connectivity index is 1.79. The molecule has 1 heterocycles. The van der Waals surface area contributed by atoms with Gasteiger partial charge in [0.1, 0.15) is 0 Å². The molecule has 16 heavy (non-hydrogen) atoms. The SMILES string of the molecule is CSC1CCC(NCc2cc(C)c(Br)s2)C1. The van der Waals surface area contributed by atoms with Gasteiger partial charge < -0.3 is 5.32 Å². The molecule has 0 spiro atoms. The Labute approximate surface area is 115 Å². The van der Waals surface area contributed by atoms with Crippen LogP contribution in [0.5, 0.6) is 0 Å². The standard InChI is InChI=1S/C12H18BrNS2/c1-8-5-11(16-12(8)13)7-14-9-3-4-10(6-9)15-2/h5,9-10,14H,3-4,6-7H2,1-2H3. The first-order valence-electron chi connectivity index (χ1n) is 5.70. The summed E-state index contributed by atoms with van der Waals surface area (Å²) in [5.74, 6) is 0. The van der Waals surface area contributed by atoms with Crippen LogP contribution in [0.3, 0.4) is 0 Å². The molecule has 0 aromatic carbocycles. The molecule has 0 aliphatic heterocycles. The van der Waals surface area contributed by atoms with Crippen molar-refractivity contribution >= 4 is 39.0 Å². The second kappa shape index (κ2) is 5.89. The highest BCUT2D eigenvalue weighted by molar-refractivity contribution is 9.11. The van der Waals surface area contributed by atoms with E-state index in [0.29, 0.717) is 0 Å². The molecule has 0 saturated heterocycles. The molecule has 1 nitrogen and oxygen atoms in total. The molecule has 1 aromatic rings. The molecule has 1 N–H and O–H groups in total. The molecule has 0 amide bonds. The molecule has 1 aliphatic carbocycles. The summed E-state index contributed by atoms with van der Waals surface area (Å²) in [5, 5.41) is 4.56. The highest BCUT2D eigenvalue weighted by Gasteiger charge is 2.23. The second-order valence-electron chi connectivity index (χ2n) is 4.42. The lowest BCUT2D eigenvalue weighted by Crippen LogP contribution is -2.25. The van der Waals surface area contributed by atoms with E-state index in [1.165, 1.54) is 33.5 Å². The zero-order valence-electron chi connectivity index (χ0n) is 9.75. The Morgan fingerprint density at radius 2 is 2.38 bits per heavy atom. The molecular weight excluding hydrogens is 302 g/mol. The average molecular weight is 320 g/mol. The molecule has 2 unspecified atom stereocenters. The van der Waals surface area contributed by atoms with E-state index in [2.05, 4.69) is 40.5 Å². The summed E-state index contributed by atoms with van der Waals surface area (Å²) in [5.41, 5.74) is 1.36. The monoisotopic (exact) mass is 319 g/mol. The van der Waals surface area contributed by atoms with Gasteiger partial charge in [0.2, 0.25) is 0 Å². The van der Waals surface area contributed by atoms with Crippen molar-refractivity contribution in [3.8, 4) is 0 Å². The van der Waals surface area contributed by atoms with Gasteiger partial charge in [-0.3, -0.25) is 0 Å². The first-order valence-corrected chi connectivity index (χ1v) is 8.59. The Hall–Kier alpha value is 0.490. The topological polar surface area (TPSA) is 12.0 Å². The number of hydrogen-bond donors (Lipinski definition) is 1. The van der Waals surface area contributed by atoms with E-state index in [4.69, 9.17) is 0 Å². The fraction of sp³-hybridized carbons (Fsp3) is 0.667. The molecule has 0 bridgehead atoms. The molecule has 1 aromatic heterocycles. The van der Waals surface area contributed by atoms with Crippen LogP contribution in [0, 0.1) is 6.92 Å². The van der Waals surface area contributed by atoms with Gasteiger partial charge in [0, 0.05) is 22.7 Å². The Morgan fingerprint density at radius 1 is 1.56 bits per heavy atom. The van der Waals surface area contributed by atoms with Crippen molar-refractivity contribution in [3.05, 3.63) is 20.3 Å². The maximum absolute atomic E-state index is 3.68. The molecule has 2 atom stereocenters. The highest BCUT2D eigenvalue weighted by atomic mass is 79.9. The minimum atomic E-state index is 0.735. The molecule has 1 aliphatic rings. The van der Waals surface area contributed by atoms with E-state index in [-0.39, 0.29) is 0 Å². The van der Waals surface area contributed by atoms with Crippen LogP contribution in [0.2, 0.25) is 0 Å². The zero-order valence-corrected chi connectivity index (χ0v) is 13.0. The minimum absolute atomic E-state index is 0.735. The van der Waals surface area contributed by atoms with Gasteiger partial charge in [-0.1, -0.05) is 0 Å². The summed E-state index contributed by atoms with van der Waals surface area (Å²) >= 11 is 7.45. The molecule has 1 saturated carbocycles. The third kappa shape index (κ3) is 3.25. The van der Waals surface area contributed by atoms with Crippen molar-refractivity contribution in [2.24, 2.45) is 0 Å².